The van der Waals surface area contributed by atoms with E-state index < -0.39 is 21.0 Å². The highest BCUT2D eigenvalue weighted by atomic mass is 32.2. The fraction of sp³-hybridized carbons (Fsp3) is 0.645. The van der Waals surface area contributed by atoms with E-state index in [2.05, 4.69) is 14.6 Å². The number of rotatable bonds is 9. The first kappa shape index (κ1) is 29.8. The van der Waals surface area contributed by atoms with Crippen molar-refractivity contribution in [3.05, 3.63) is 41.1 Å². The zero-order valence-corrected chi connectivity index (χ0v) is 25.6. The lowest BCUT2D eigenvalue weighted by atomic mass is 9.85. The van der Waals surface area contributed by atoms with E-state index in [-0.39, 0.29) is 11.9 Å². The number of carbonyl (C=O) groups is 1. The Morgan fingerprint density at radius 1 is 1.05 bits per heavy atom. The fourth-order valence-corrected chi connectivity index (χ4v) is 7.44. The first-order valence-electron chi connectivity index (χ1n) is 14.5. The molecule has 8 heteroatoms. The molecular formula is C31H47N3O4S. The largest absolute Gasteiger partial charge is 0.377 e. The minimum atomic E-state index is -3.73. The summed E-state index contributed by atoms with van der Waals surface area (Å²) >= 11 is 0. The fourth-order valence-electron chi connectivity index (χ4n) is 5.56. The van der Waals surface area contributed by atoms with Crippen LogP contribution in [0.15, 0.2) is 29.2 Å². The zero-order valence-electron chi connectivity index (χ0n) is 24.8. The number of nitrogens with zero attached hydrogens (tertiary/aromatic N) is 1. The van der Waals surface area contributed by atoms with Crippen LogP contribution in [0, 0.1) is 12.8 Å². The van der Waals surface area contributed by atoms with E-state index in [4.69, 9.17) is 4.74 Å². The summed E-state index contributed by atoms with van der Waals surface area (Å²) in [6.45, 7) is 15.9. The predicted molar refractivity (Wildman–Crippen MR) is 157 cm³/mol. The van der Waals surface area contributed by atoms with Crippen LogP contribution in [0.25, 0.3) is 11.3 Å². The maximum absolute atomic E-state index is 13.6. The van der Waals surface area contributed by atoms with Crippen LogP contribution in [0.3, 0.4) is 0 Å². The number of sulfonamides is 1. The smallest absolute Gasteiger partial charge is 0.253 e. The number of ether oxygens (including phenoxy) is 1. The van der Waals surface area contributed by atoms with Crippen molar-refractivity contribution >= 4 is 15.9 Å². The van der Waals surface area contributed by atoms with Gasteiger partial charge in [-0.15, -0.1) is 0 Å². The van der Waals surface area contributed by atoms with Crippen LogP contribution >= 0.6 is 0 Å². The third kappa shape index (κ3) is 6.77. The second-order valence-corrected chi connectivity index (χ2v) is 14.8. The summed E-state index contributed by atoms with van der Waals surface area (Å²) in [5.41, 5.74) is 3.33. The summed E-state index contributed by atoms with van der Waals surface area (Å²) in [7, 11) is -3.73. The second-order valence-electron chi connectivity index (χ2n) is 13.2. The second kappa shape index (κ2) is 11.4. The van der Waals surface area contributed by atoms with Gasteiger partial charge in [-0.1, -0.05) is 53.0 Å². The monoisotopic (exact) mass is 557 g/mol. The Balaban J connectivity index is 1.80. The summed E-state index contributed by atoms with van der Waals surface area (Å²) in [5.74, 6) is 0.493. The van der Waals surface area contributed by atoms with E-state index in [0.717, 1.165) is 29.1 Å². The van der Waals surface area contributed by atoms with Gasteiger partial charge in [-0.25, -0.2) is 13.1 Å². The molecule has 0 spiro atoms. The third-order valence-corrected chi connectivity index (χ3v) is 10.2. The maximum atomic E-state index is 13.6. The molecule has 0 unspecified atom stereocenters. The standard InChI is InChI=1S/C31H47N3O4S/c1-8-31(6,7)33-39(36,37)28-15-14-23(16-26(28)30(3,4)5)27-17-25(29(35)32-24-19-38-20-24)21(2)34(27)18-22-12-10-9-11-13-22/h14-17,22,24,33H,8-13,18-20H2,1-7H3,(H,32,35). The molecule has 2 N–H and O–H groups in total. The Kier molecular flexibility index (Phi) is 8.70. The number of hydrogen-bond donors (Lipinski definition) is 2. The average molecular weight is 558 g/mol. The molecule has 216 valence electrons. The van der Waals surface area contributed by atoms with Crippen LogP contribution in [-0.2, 0) is 26.7 Å². The summed E-state index contributed by atoms with van der Waals surface area (Å²) in [6, 6.07) is 7.69. The number of carbonyl (C=O) groups excluding carboxylic acids is 1. The van der Waals surface area contributed by atoms with E-state index in [1.54, 1.807) is 6.07 Å². The molecule has 7 nitrogen and oxygen atoms in total. The van der Waals surface area contributed by atoms with E-state index in [0.29, 0.717) is 36.0 Å². The van der Waals surface area contributed by atoms with Crippen LogP contribution in [0.2, 0.25) is 0 Å². The van der Waals surface area contributed by atoms with Crippen LogP contribution in [0.5, 0.6) is 0 Å². The van der Waals surface area contributed by atoms with Crippen LogP contribution < -0.4 is 10.0 Å². The van der Waals surface area contributed by atoms with Crippen molar-refractivity contribution in [3.8, 4) is 11.3 Å². The molecule has 2 heterocycles. The molecule has 1 amide bonds. The van der Waals surface area contributed by atoms with Gasteiger partial charge >= 0.3 is 0 Å². The number of hydrogen-bond acceptors (Lipinski definition) is 4. The van der Waals surface area contributed by atoms with E-state index >= 15 is 0 Å². The summed E-state index contributed by atoms with van der Waals surface area (Å²) in [6.07, 6.45) is 6.86. The van der Waals surface area contributed by atoms with Crippen LogP contribution in [-0.4, -0.2) is 43.7 Å². The molecule has 1 aromatic heterocycles. The first-order valence-corrected chi connectivity index (χ1v) is 16.0. The summed E-state index contributed by atoms with van der Waals surface area (Å²) < 4.78 is 37.5. The Morgan fingerprint density at radius 2 is 1.72 bits per heavy atom. The highest BCUT2D eigenvalue weighted by Crippen LogP contribution is 2.36. The lowest BCUT2D eigenvalue weighted by Crippen LogP contribution is -2.48. The van der Waals surface area contributed by atoms with Gasteiger partial charge in [0.1, 0.15) is 0 Å². The van der Waals surface area contributed by atoms with Crippen molar-refractivity contribution < 1.29 is 17.9 Å². The molecule has 0 atom stereocenters. The average Bonchev–Trinajstić information content (AvgIpc) is 3.16. The third-order valence-electron chi connectivity index (χ3n) is 8.42. The van der Waals surface area contributed by atoms with Crippen LogP contribution in [0.4, 0.5) is 0 Å². The lowest BCUT2D eigenvalue weighted by Gasteiger charge is -2.28. The molecular weight excluding hydrogens is 510 g/mol. The lowest BCUT2D eigenvalue weighted by molar-refractivity contribution is -0.00347. The zero-order chi connectivity index (χ0) is 28.6. The Labute approximate surface area is 235 Å². The van der Waals surface area contributed by atoms with Gasteiger partial charge in [0.2, 0.25) is 10.0 Å². The van der Waals surface area contributed by atoms with Gasteiger partial charge in [0.05, 0.1) is 29.7 Å². The Morgan fingerprint density at radius 3 is 2.28 bits per heavy atom. The number of nitrogens with one attached hydrogen (secondary N) is 2. The van der Waals surface area contributed by atoms with E-state index in [9.17, 15) is 13.2 Å². The number of benzene rings is 1. The molecule has 39 heavy (non-hydrogen) atoms. The van der Waals surface area contributed by atoms with Gasteiger partial charge < -0.3 is 14.6 Å². The van der Waals surface area contributed by atoms with Crippen molar-refractivity contribution in [2.75, 3.05) is 13.2 Å². The summed E-state index contributed by atoms with van der Waals surface area (Å²) in [5, 5.41) is 3.10. The first-order chi connectivity index (χ1) is 18.2. The molecule has 1 aromatic carbocycles. The Hall–Kier alpha value is -2.16. The molecule has 2 fully saturated rings. The van der Waals surface area contributed by atoms with Crippen molar-refractivity contribution in [2.24, 2.45) is 5.92 Å². The van der Waals surface area contributed by atoms with Gasteiger partial charge in [0.15, 0.2) is 0 Å². The molecule has 0 radical (unpaired) electrons. The van der Waals surface area contributed by atoms with E-state index in [1.165, 1.54) is 32.1 Å². The number of amides is 1. The molecule has 1 saturated heterocycles. The molecule has 0 bridgehead atoms. The quantitative estimate of drug-likeness (QED) is 0.400. The van der Waals surface area contributed by atoms with E-state index in [1.807, 2.05) is 66.7 Å². The molecule has 1 saturated carbocycles. The SMILES string of the molecule is CCC(C)(C)NS(=O)(=O)c1ccc(-c2cc(C(=O)NC3COC3)c(C)n2CC2CCCCC2)cc1C(C)(C)C. The van der Waals surface area contributed by atoms with Crippen molar-refractivity contribution in [2.45, 2.75) is 115 Å². The summed E-state index contributed by atoms with van der Waals surface area (Å²) in [4.78, 5) is 13.6. The molecule has 2 aromatic rings. The van der Waals surface area contributed by atoms with Gasteiger partial charge in [-0.2, -0.15) is 0 Å². The van der Waals surface area contributed by atoms with Crippen molar-refractivity contribution in [3.63, 3.8) is 0 Å². The molecule has 2 aliphatic rings. The normalized spacial score (nSPS) is 17.7. The maximum Gasteiger partial charge on any atom is 0.253 e. The van der Waals surface area contributed by atoms with Crippen LogP contribution in [0.1, 0.15) is 102 Å². The predicted octanol–water partition coefficient (Wildman–Crippen LogP) is 5.94. The highest BCUT2D eigenvalue weighted by Gasteiger charge is 2.31. The minimum Gasteiger partial charge on any atom is -0.377 e. The minimum absolute atomic E-state index is 0.0545. The molecule has 1 aliphatic heterocycles. The van der Waals surface area contributed by atoms with Gasteiger partial charge in [-0.3, -0.25) is 4.79 Å². The van der Waals surface area contributed by atoms with Crippen molar-refractivity contribution in [1.82, 2.24) is 14.6 Å². The number of aromatic nitrogens is 1. The van der Waals surface area contributed by atoms with Gasteiger partial charge in [0, 0.05) is 23.5 Å². The van der Waals surface area contributed by atoms with Gasteiger partial charge in [0.25, 0.3) is 5.91 Å². The van der Waals surface area contributed by atoms with Gasteiger partial charge in [-0.05, 0) is 80.7 Å². The van der Waals surface area contributed by atoms with Crippen molar-refractivity contribution in [1.29, 1.82) is 0 Å². The molecule has 1 aliphatic carbocycles. The molecule has 4 rings (SSSR count). The Bertz CT molecular complexity index is 1290. The highest BCUT2D eigenvalue weighted by molar-refractivity contribution is 7.89. The topological polar surface area (TPSA) is 89.4 Å².